The minimum atomic E-state index is -0.139. The summed E-state index contributed by atoms with van der Waals surface area (Å²) in [6.07, 6.45) is 8.37. The van der Waals surface area contributed by atoms with Crippen LogP contribution in [0.15, 0.2) is 54.6 Å². The first-order chi connectivity index (χ1) is 14.2. The van der Waals surface area contributed by atoms with Gasteiger partial charge in [-0.2, -0.15) is 0 Å². The van der Waals surface area contributed by atoms with E-state index in [2.05, 4.69) is 16.7 Å². The Labute approximate surface area is 173 Å². The third kappa shape index (κ3) is 4.18. The van der Waals surface area contributed by atoms with Crippen LogP contribution < -0.4 is 15.4 Å². The molecule has 6 rings (SSSR count). The van der Waals surface area contributed by atoms with Crippen LogP contribution in [0.3, 0.4) is 0 Å². The fraction of sp³-hybridized carbons (Fsp3) is 0.480. The van der Waals surface area contributed by atoms with Crippen LogP contribution in [0.25, 0.3) is 0 Å². The van der Waals surface area contributed by atoms with Crippen molar-refractivity contribution in [2.24, 2.45) is 17.8 Å². The molecule has 0 heterocycles. The van der Waals surface area contributed by atoms with Gasteiger partial charge in [0.2, 0.25) is 0 Å². The Hall–Kier alpha value is -2.33. The largest absolute Gasteiger partial charge is 0.483 e. The van der Waals surface area contributed by atoms with Gasteiger partial charge in [-0.25, -0.2) is 0 Å². The Morgan fingerprint density at radius 3 is 2.21 bits per heavy atom. The van der Waals surface area contributed by atoms with E-state index in [1.807, 2.05) is 48.5 Å². The smallest absolute Gasteiger partial charge is 0.262 e. The molecular formula is C25H30N2O2. The van der Waals surface area contributed by atoms with E-state index in [-0.39, 0.29) is 12.5 Å². The fourth-order valence-corrected chi connectivity index (χ4v) is 6.26. The third-order valence-electron chi connectivity index (χ3n) is 7.08. The highest BCUT2D eigenvalue weighted by Crippen LogP contribution is 2.55. The number of hydrogen-bond acceptors (Lipinski definition) is 3. The lowest BCUT2D eigenvalue weighted by molar-refractivity contribution is -0.118. The van der Waals surface area contributed by atoms with Crippen LogP contribution in [-0.4, -0.2) is 18.1 Å². The van der Waals surface area contributed by atoms with E-state index in [4.69, 9.17) is 4.74 Å². The lowest BCUT2D eigenvalue weighted by Gasteiger charge is -2.57. The second kappa shape index (κ2) is 7.83. The molecule has 0 atom stereocenters. The summed E-state index contributed by atoms with van der Waals surface area (Å²) in [7, 11) is 0. The number of nitrogens with one attached hydrogen (secondary N) is 2. The van der Waals surface area contributed by atoms with E-state index in [0.29, 0.717) is 5.54 Å². The average Bonchev–Trinajstić information content (AvgIpc) is 2.71. The number of para-hydroxylation sites is 2. The molecule has 4 heteroatoms. The Morgan fingerprint density at radius 2 is 1.52 bits per heavy atom. The lowest BCUT2D eigenvalue weighted by atomic mass is 9.53. The molecule has 4 nitrogen and oxygen atoms in total. The van der Waals surface area contributed by atoms with Gasteiger partial charge in [-0.3, -0.25) is 4.79 Å². The molecule has 0 saturated heterocycles. The molecule has 2 N–H and O–H groups in total. The highest BCUT2D eigenvalue weighted by molar-refractivity contribution is 5.91. The number of carbonyl (C=O) groups excluding carboxylic acids is 1. The first kappa shape index (κ1) is 18.7. The van der Waals surface area contributed by atoms with Crippen molar-refractivity contribution in [2.75, 3.05) is 11.9 Å². The molecule has 4 fully saturated rings. The Balaban J connectivity index is 1.19. The van der Waals surface area contributed by atoms with Crippen molar-refractivity contribution in [3.63, 3.8) is 0 Å². The van der Waals surface area contributed by atoms with Crippen molar-refractivity contribution in [1.82, 2.24) is 5.32 Å². The fourth-order valence-electron chi connectivity index (χ4n) is 6.26. The van der Waals surface area contributed by atoms with E-state index in [1.54, 1.807) is 0 Å². The molecule has 0 radical (unpaired) electrons. The zero-order valence-corrected chi connectivity index (χ0v) is 16.9. The van der Waals surface area contributed by atoms with Gasteiger partial charge in [-0.1, -0.05) is 36.4 Å². The summed E-state index contributed by atoms with van der Waals surface area (Å²) in [5, 5.41) is 6.80. The van der Waals surface area contributed by atoms with Gasteiger partial charge in [-0.15, -0.1) is 0 Å². The highest BCUT2D eigenvalue weighted by atomic mass is 16.5. The van der Waals surface area contributed by atoms with Crippen molar-refractivity contribution in [3.8, 4) is 5.75 Å². The van der Waals surface area contributed by atoms with Gasteiger partial charge in [0, 0.05) is 23.3 Å². The minimum Gasteiger partial charge on any atom is -0.483 e. The predicted molar refractivity (Wildman–Crippen MR) is 115 cm³/mol. The molecule has 4 bridgehead atoms. The second-order valence-electron chi connectivity index (χ2n) is 9.36. The maximum absolute atomic E-state index is 12.2. The van der Waals surface area contributed by atoms with Crippen molar-refractivity contribution in [1.29, 1.82) is 0 Å². The van der Waals surface area contributed by atoms with Gasteiger partial charge in [0.05, 0.1) is 0 Å². The molecule has 2 aromatic rings. The summed E-state index contributed by atoms with van der Waals surface area (Å²) >= 11 is 0. The highest BCUT2D eigenvalue weighted by Gasteiger charge is 2.50. The molecule has 0 aromatic heterocycles. The molecule has 29 heavy (non-hydrogen) atoms. The van der Waals surface area contributed by atoms with Gasteiger partial charge in [-0.05, 0) is 74.5 Å². The van der Waals surface area contributed by atoms with Crippen molar-refractivity contribution < 1.29 is 9.53 Å². The van der Waals surface area contributed by atoms with Crippen LogP contribution in [0.2, 0.25) is 0 Å². The number of rotatable bonds is 7. The van der Waals surface area contributed by atoms with E-state index in [0.717, 1.165) is 41.3 Å². The molecule has 1 amide bonds. The minimum absolute atomic E-state index is 0.0171. The molecule has 4 aliphatic rings. The van der Waals surface area contributed by atoms with Crippen LogP contribution >= 0.6 is 0 Å². The third-order valence-corrected chi connectivity index (χ3v) is 7.08. The summed E-state index contributed by atoms with van der Waals surface area (Å²) in [6, 6.07) is 17.6. The topological polar surface area (TPSA) is 50.4 Å². The van der Waals surface area contributed by atoms with Crippen molar-refractivity contribution in [2.45, 2.75) is 50.6 Å². The monoisotopic (exact) mass is 390 g/mol. The maximum Gasteiger partial charge on any atom is 0.262 e. The number of hydrogen-bond donors (Lipinski definition) is 2. The van der Waals surface area contributed by atoms with Crippen LogP contribution in [0, 0.1) is 17.8 Å². The normalized spacial score (nSPS) is 29.6. The van der Waals surface area contributed by atoms with Crippen LogP contribution in [0.1, 0.15) is 44.1 Å². The van der Waals surface area contributed by atoms with E-state index in [9.17, 15) is 4.79 Å². The van der Waals surface area contributed by atoms with E-state index in [1.165, 1.54) is 38.5 Å². The van der Waals surface area contributed by atoms with Crippen LogP contribution in [0.5, 0.6) is 5.75 Å². The quantitative estimate of drug-likeness (QED) is 0.716. The molecule has 152 valence electrons. The number of carbonyl (C=O) groups is 1. The lowest BCUT2D eigenvalue weighted by Crippen LogP contribution is -2.58. The van der Waals surface area contributed by atoms with Gasteiger partial charge in [0.25, 0.3) is 5.91 Å². The van der Waals surface area contributed by atoms with Crippen molar-refractivity contribution in [3.05, 3.63) is 60.2 Å². The predicted octanol–water partition coefficient (Wildman–Crippen LogP) is 4.76. The van der Waals surface area contributed by atoms with Crippen LogP contribution in [0.4, 0.5) is 5.69 Å². The summed E-state index contributed by atoms with van der Waals surface area (Å²) < 4.78 is 5.89. The van der Waals surface area contributed by atoms with E-state index < -0.39 is 0 Å². The summed E-state index contributed by atoms with van der Waals surface area (Å²) in [4.78, 5) is 12.2. The van der Waals surface area contributed by atoms with Crippen LogP contribution in [-0.2, 0) is 11.3 Å². The Kier molecular flexibility index (Phi) is 5.04. The van der Waals surface area contributed by atoms with E-state index >= 15 is 0 Å². The standard InChI is InChI=1S/C25H30N2O2/c28-24(27-22-7-2-1-3-8-22)17-29-23-9-5-4-6-21(23)16-26-25-13-18-10-19(14-25)12-20(11-18)15-25/h1-9,18-20,26H,10-17H2,(H,27,28). The van der Waals surface area contributed by atoms with Gasteiger partial charge in [0.1, 0.15) is 5.75 Å². The zero-order chi connectivity index (χ0) is 19.7. The second-order valence-corrected chi connectivity index (χ2v) is 9.36. The average molecular weight is 391 g/mol. The molecule has 0 aliphatic heterocycles. The Morgan fingerprint density at radius 1 is 0.897 bits per heavy atom. The molecule has 2 aromatic carbocycles. The van der Waals surface area contributed by atoms with Crippen molar-refractivity contribution >= 4 is 11.6 Å². The van der Waals surface area contributed by atoms with Gasteiger partial charge in [0.15, 0.2) is 6.61 Å². The first-order valence-electron chi connectivity index (χ1n) is 11.0. The maximum atomic E-state index is 12.2. The molecular weight excluding hydrogens is 360 g/mol. The Bertz CT molecular complexity index is 829. The summed E-state index contributed by atoms with van der Waals surface area (Å²) in [6.45, 7) is 0.825. The number of ether oxygens (including phenoxy) is 1. The number of anilines is 1. The molecule has 4 saturated carbocycles. The number of amides is 1. The zero-order valence-electron chi connectivity index (χ0n) is 16.9. The molecule has 4 aliphatic carbocycles. The molecule has 0 spiro atoms. The summed E-state index contributed by atoms with van der Waals surface area (Å²) in [5.74, 6) is 3.46. The van der Waals surface area contributed by atoms with Gasteiger partial charge >= 0.3 is 0 Å². The van der Waals surface area contributed by atoms with Gasteiger partial charge < -0.3 is 15.4 Å². The SMILES string of the molecule is O=C(COc1ccccc1CNC12CC3CC(CC(C3)C1)C2)Nc1ccccc1. The summed E-state index contributed by atoms with van der Waals surface area (Å²) in [5.41, 5.74) is 2.25. The number of benzene rings is 2. The first-order valence-corrected chi connectivity index (χ1v) is 11.0. The molecule has 0 unspecified atom stereocenters.